The van der Waals surface area contributed by atoms with E-state index in [4.69, 9.17) is 14.6 Å². The Morgan fingerprint density at radius 3 is 2.68 bits per heavy atom. The van der Waals surface area contributed by atoms with Crippen molar-refractivity contribution < 1.29 is 33.8 Å². The highest BCUT2D eigenvalue weighted by Gasteiger charge is 2.38. The predicted octanol–water partition coefficient (Wildman–Crippen LogP) is 0.135. The molecule has 1 unspecified atom stereocenters. The van der Waals surface area contributed by atoms with Gasteiger partial charge in [0.25, 0.3) is 17.7 Å². The fraction of sp³-hybridized carbons (Fsp3) is 0.429. The van der Waals surface area contributed by atoms with E-state index in [1.165, 1.54) is 29.0 Å². The molecule has 3 heterocycles. The minimum absolute atomic E-state index is 0.00588. The molecule has 0 saturated carbocycles. The molecule has 1 aromatic rings. The van der Waals surface area contributed by atoms with Gasteiger partial charge in [-0.05, 0) is 31.0 Å². The third-order valence-corrected chi connectivity index (χ3v) is 5.60. The maximum absolute atomic E-state index is 12.8. The Bertz CT molecular complexity index is 981. The van der Waals surface area contributed by atoms with Gasteiger partial charge in [-0.25, -0.2) is 4.79 Å². The highest BCUT2D eigenvalue weighted by atomic mass is 16.5. The molecule has 4 rings (SSSR count). The number of aliphatic hydroxyl groups excluding tert-OH is 1. The summed E-state index contributed by atoms with van der Waals surface area (Å²) in [5.74, 6) is -1.91. The van der Waals surface area contributed by atoms with Crippen molar-refractivity contribution in [2.24, 2.45) is 0 Å². The number of ether oxygens (including phenoxy) is 2. The lowest BCUT2D eigenvalue weighted by molar-refractivity contribution is -0.136. The van der Waals surface area contributed by atoms with E-state index in [1.54, 1.807) is 6.07 Å². The minimum atomic E-state index is -0.661. The molecule has 1 aromatic carbocycles. The number of esters is 1. The number of carbonyl (C=O) groups is 4. The Morgan fingerprint density at radius 2 is 2.00 bits per heavy atom. The summed E-state index contributed by atoms with van der Waals surface area (Å²) in [5.41, 5.74) is 1.05. The summed E-state index contributed by atoms with van der Waals surface area (Å²) in [5, 5.41) is 12.1. The molecule has 10 nitrogen and oxygen atoms in total. The van der Waals surface area contributed by atoms with Gasteiger partial charge in [-0.15, -0.1) is 0 Å². The van der Waals surface area contributed by atoms with Crippen molar-refractivity contribution in [2.75, 3.05) is 45.3 Å². The number of carbonyl (C=O) groups excluding carboxylic acids is 4. The highest BCUT2D eigenvalue weighted by molar-refractivity contribution is 6.22. The van der Waals surface area contributed by atoms with Crippen LogP contribution in [0.15, 0.2) is 29.5 Å². The molecule has 3 aliphatic heterocycles. The maximum Gasteiger partial charge on any atom is 0.337 e. The summed E-state index contributed by atoms with van der Waals surface area (Å²) < 4.78 is 10.3. The van der Waals surface area contributed by atoms with Crippen molar-refractivity contribution in [2.45, 2.75) is 18.9 Å². The lowest BCUT2D eigenvalue weighted by Crippen LogP contribution is -2.36. The number of nitrogens with one attached hydrogen (secondary N) is 1. The number of aliphatic hydroxyl groups is 1. The predicted molar refractivity (Wildman–Crippen MR) is 107 cm³/mol. The molecule has 2 N–H and O–H groups in total. The van der Waals surface area contributed by atoms with Crippen molar-refractivity contribution in [3.8, 4) is 0 Å². The fourth-order valence-corrected chi connectivity index (χ4v) is 4.02. The molecule has 0 aliphatic carbocycles. The van der Waals surface area contributed by atoms with Gasteiger partial charge in [0, 0.05) is 18.8 Å². The van der Waals surface area contributed by atoms with Crippen molar-refractivity contribution >= 4 is 29.4 Å². The van der Waals surface area contributed by atoms with E-state index in [0.717, 1.165) is 12.8 Å². The molecule has 164 valence electrons. The van der Waals surface area contributed by atoms with Crippen molar-refractivity contribution in [1.82, 2.24) is 9.80 Å². The van der Waals surface area contributed by atoms with Gasteiger partial charge in [0.1, 0.15) is 5.70 Å². The summed E-state index contributed by atoms with van der Waals surface area (Å²) in [4.78, 5) is 52.8. The van der Waals surface area contributed by atoms with Crippen LogP contribution in [-0.4, -0.2) is 84.7 Å². The van der Waals surface area contributed by atoms with Crippen molar-refractivity contribution in [3.05, 3.63) is 40.6 Å². The molecule has 0 radical (unpaired) electrons. The van der Waals surface area contributed by atoms with Crippen LogP contribution in [0.3, 0.4) is 0 Å². The van der Waals surface area contributed by atoms with Crippen LogP contribution in [0, 0.1) is 0 Å². The highest BCUT2D eigenvalue weighted by Crippen LogP contribution is 2.29. The Balaban J connectivity index is 1.58. The summed E-state index contributed by atoms with van der Waals surface area (Å²) in [6.45, 7) is 0.664. The van der Waals surface area contributed by atoms with Crippen LogP contribution >= 0.6 is 0 Å². The summed E-state index contributed by atoms with van der Waals surface area (Å²) in [6.07, 6.45) is 1.55. The van der Waals surface area contributed by atoms with Gasteiger partial charge in [-0.3, -0.25) is 19.3 Å². The Labute approximate surface area is 178 Å². The molecule has 10 heteroatoms. The SMILES string of the molecule is COC(=O)C1=C(Nc2ccc3c(c2)C(=O)N(CC2CCCO2)C3=O)C(=O)N(CCO)C1. The van der Waals surface area contributed by atoms with Crippen LogP contribution < -0.4 is 5.32 Å². The second-order valence-corrected chi connectivity index (χ2v) is 7.54. The summed E-state index contributed by atoms with van der Waals surface area (Å²) >= 11 is 0. The maximum atomic E-state index is 12.8. The lowest BCUT2D eigenvalue weighted by atomic mass is 10.1. The van der Waals surface area contributed by atoms with Crippen LogP contribution in [-0.2, 0) is 19.1 Å². The van der Waals surface area contributed by atoms with E-state index < -0.39 is 17.8 Å². The molecule has 3 aliphatic rings. The van der Waals surface area contributed by atoms with Gasteiger partial charge < -0.3 is 24.8 Å². The lowest BCUT2D eigenvalue weighted by Gasteiger charge is -2.17. The molecule has 1 fully saturated rings. The normalized spacial score (nSPS) is 20.7. The van der Waals surface area contributed by atoms with E-state index in [-0.39, 0.29) is 60.6 Å². The van der Waals surface area contributed by atoms with Gasteiger partial charge in [0.15, 0.2) is 0 Å². The first-order valence-electron chi connectivity index (χ1n) is 10.0. The molecule has 1 saturated heterocycles. The first-order chi connectivity index (χ1) is 14.9. The Kier molecular flexibility index (Phi) is 5.75. The zero-order valence-corrected chi connectivity index (χ0v) is 17.1. The van der Waals surface area contributed by atoms with Crippen LogP contribution in [0.2, 0.25) is 0 Å². The monoisotopic (exact) mass is 429 g/mol. The average molecular weight is 429 g/mol. The molecular formula is C21H23N3O7. The van der Waals surface area contributed by atoms with Gasteiger partial charge in [0.05, 0.1) is 49.6 Å². The average Bonchev–Trinajstić information content (AvgIpc) is 3.45. The number of β-amino-alcohol motifs (C(OH)–C–C–N with tert-alkyl or cyclic N) is 1. The number of methoxy groups -OCH3 is 1. The van der Waals surface area contributed by atoms with Gasteiger partial charge in [-0.1, -0.05) is 0 Å². The first kappa shape index (κ1) is 21.0. The number of amides is 3. The topological polar surface area (TPSA) is 125 Å². The fourth-order valence-electron chi connectivity index (χ4n) is 4.02. The second kappa shape index (κ2) is 8.48. The number of benzene rings is 1. The van der Waals surface area contributed by atoms with Crippen molar-refractivity contribution in [3.63, 3.8) is 0 Å². The van der Waals surface area contributed by atoms with Crippen LogP contribution in [0.25, 0.3) is 0 Å². The second-order valence-electron chi connectivity index (χ2n) is 7.54. The van der Waals surface area contributed by atoms with Crippen molar-refractivity contribution in [1.29, 1.82) is 0 Å². The number of anilines is 1. The number of hydrogen-bond acceptors (Lipinski definition) is 8. The quantitative estimate of drug-likeness (QED) is 0.463. The smallest absolute Gasteiger partial charge is 0.337 e. The largest absolute Gasteiger partial charge is 0.466 e. The van der Waals surface area contributed by atoms with Crippen LogP contribution in [0.1, 0.15) is 33.6 Å². The molecule has 1 atom stereocenters. The van der Waals surface area contributed by atoms with Gasteiger partial charge in [-0.2, -0.15) is 0 Å². The Morgan fingerprint density at radius 1 is 1.23 bits per heavy atom. The number of hydrogen-bond donors (Lipinski definition) is 2. The molecule has 0 spiro atoms. The van der Waals surface area contributed by atoms with E-state index >= 15 is 0 Å². The zero-order valence-electron chi connectivity index (χ0n) is 17.1. The third kappa shape index (κ3) is 3.79. The number of fused-ring (bicyclic) bond motifs is 1. The van der Waals surface area contributed by atoms with Gasteiger partial charge >= 0.3 is 5.97 Å². The van der Waals surface area contributed by atoms with Crippen LogP contribution in [0.4, 0.5) is 5.69 Å². The minimum Gasteiger partial charge on any atom is -0.466 e. The third-order valence-electron chi connectivity index (χ3n) is 5.60. The van der Waals surface area contributed by atoms with Crippen LogP contribution in [0.5, 0.6) is 0 Å². The van der Waals surface area contributed by atoms with E-state index in [9.17, 15) is 19.2 Å². The number of nitrogens with zero attached hydrogens (tertiary/aromatic N) is 2. The first-order valence-corrected chi connectivity index (χ1v) is 10.0. The summed E-state index contributed by atoms with van der Waals surface area (Å²) in [7, 11) is 1.22. The molecule has 31 heavy (non-hydrogen) atoms. The molecule has 0 aromatic heterocycles. The molecule has 3 amide bonds. The standard InChI is InChI=1S/C21H23N3O7/c1-30-21(29)16-11-23(6-7-25)20(28)17(16)22-12-4-5-14-15(9-12)19(27)24(18(14)26)10-13-3-2-8-31-13/h4-5,9,13,22,25H,2-3,6-8,10-11H2,1H3. The summed E-state index contributed by atoms with van der Waals surface area (Å²) in [6, 6.07) is 4.59. The number of imide groups is 1. The molecule has 0 bridgehead atoms. The van der Waals surface area contributed by atoms with E-state index in [1.807, 2.05) is 0 Å². The number of rotatable bonds is 7. The Hall–Kier alpha value is -3.24. The zero-order chi connectivity index (χ0) is 22.1. The van der Waals surface area contributed by atoms with E-state index in [2.05, 4.69) is 5.32 Å². The van der Waals surface area contributed by atoms with E-state index in [0.29, 0.717) is 12.3 Å². The van der Waals surface area contributed by atoms with Gasteiger partial charge in [0.2, 0.25) is 0 Å². The molecular weight excluding hydrogens is 406 g/mol.